The third-order valence-electron chi connectivity index (χ3n) is 5.19. The van der Waals surface area contributed by atoms with Crippen LogP contribution in [0.4, 0.5) is 0 Å². The van der Waals surface area contributed by atoms with Crippen LogP contribution < -0.4 is 15.1 Å². The first-order chi connectivity index (χ1) is 13.9. The molecule has 3 aromatic rings. The van der Waals surface area contributed by atoms with Crippen LogP contribution in [-0.4, -0.2) is 33.5 Å². The first-order valence-corrected chi connectivity index (χ1v) is 10.7. The highest BCUT2D eigenvalue weighted by Crippen LogP contribution is 2.40. The number of rotatable bonds is 5. The van der Waals surface area contributed by atoms with Crippen LogP contribution in [-0.2, 0) is 10.0 Å². The number of hydrogen-bond acceptors (Lipinski definition) is 6. The van der Waals surface area contributed by atoms with Crippen molar-refractivity contribution in [2.24, 2.45) is 0 Å². The highest BCUT2D eigenvalue weighted by molar-refractivity contribution is 7.89. The van der Waals surface area contributed by atoms with E-state index >= 15 is 0 Å². The molecule has 0 saturated carbocycles. The van der Waals surface area contributed by atoms with Gasteiger partial charge in [0.1, 0.15) is 5.58 Å². The summed E-state index contributed by atoms with van der Waals surface area (Å²) in [6.45, 7) is 0.434. The normalized spacial score (nSPS) is 17.5. The molecule has 0 amide bonds. The molecular weight excluding hydrogens is 394 g/mol. The van der Waals surface area contributed by atoms with Gasteiger partial charge in [-0.3, -0.25) is 0 Å². The number of benzene rings is 2. The van der Waals surface area contributed by atoms with Gasteiger partial charge in [0.15, 0.2) is 11.5 Å². The number of nitrogens with zero attached hydrogens (tertiary/aromatic N) is 1. The van der Waals surface area contributed by atoms with E-state index in [-0.39, 0.29) is 10.9 Å². The molecule has 0 bridgehead atoms. The summed E-state index contributed by atoms with van der Waals surface area (Å²) in [7, 11) is -0.616. The van der Waals surface area contributed by atoms with Gasteiger partial charge in [-0.25, -0.2) is 13.2 Å². The SMILES string of the molecule is COc1ccc(C2CCCN2S(=O)(=O)c2ccc3oc(=O)ccc3c2)cc1OC. The Hall–Kier alpha value is -2.84. The van der Waals surface area contributed by atoms with E-state index in [4.69, 9.17) is 13.9 Å². The van der Waals surface area contributed by atoms with Crippen molar-refractivity contribution in [1.29, 1.82) is 0 Å². The molecule has 8 heteroatoms. The van der Waals surface area contributed by atoms with Crippen molar-refractivity contribution in [2.45, 2.75) is 23.8 Å². The van der Waals surface area contributed by atoms with E-state index in [1.165, 1.54) is 28.6 Å². The van der Waals surface area contributed by atoms with Crippen LogP contribution in [0.15, 0.2) is 62.6 Å². The summed E-state index contributed by atoms with van der Waals surface area (Å²) in [6.07, 6.45) is 1.48. The average molecular weight is 415 g/mol. The lowest BCUT2D eigenvalue weighted by Gasteiger charge is -2.25. The van der Waals surface area contributed by atoms with Crippen LogP contribution in [0.1, 0.15) is 24.4 Å². The van der Waals surface area contributed by atoms with E-state index in [0.717, 1.165) is 18.4 Å². The first kappa shape index (κ1) is 19.5. The Morgan fingerprint density at radius 2 is 1.79 bits per heavy atom. The van der Waals surface area contributed by atoms with Gasteiger partial charge in [0.2, 0.25) is 10.0 Å². The van der Waals surface area contributed by atoms with Crippen LogP contribution in [0, 0.1) is 0 Å². The lowest BCUT2D eigenvalue weighted by atomic mass is 10.0. The van der Waals surface area contributed by atoms with Gasteiger partial charge in [0, 0.05) is 18.0 Å². The quantitative estimate of drug-likeness (QED) is 0.594. The maximum atomic E-state index is 13.4. The number of hydrogen-bond donors (Lipinski definition) is 0. The fourth-order valence-corrected chi connectivity index (χ4v) is 5.49. The van der Waals surface area contributed by atoms with Gasteiger partial charge in [0.25, 0.3) is 0 Å². The monoisotopic (exact) mass is 415 g/mol. The Bertz CT molecular complexity index is 1220. The third kappa shape index (κ3) is 3.49. The maximum Gasteiger partial charge on any atom is 0.336 e. The molecule has 1 saturated heterocycles. The minimum atomic E-state index is -3.73. The maximum absolute atomic E-state index is 13.4. The Balaban J connectivity index is 1.72. The molecule has 29 heavy (non-hydrogen) atoms. The topological polar surface area (TPSA) is 86.0 Å². The van der Waals surface area contributed by atoms with E-state index in [9.17, 15) is 13.2 Å². The smallest absolute Gasteiger partial charge is 0.336 e. The van der Waals surface area contributed by atoms with Crippen LogP contribution in [0.3, 0.4) is 0 Å². The average Bonchev–Trinajstić information content (AvgIpc) is 3.23. The van der Waals surface area contributed by atoms with Crippen LogP contribution in [0.2, 0.25) is 0 Å². The highest BCUT2D eigenvalue weighted by Gasteiger charge is 2.36. The molecule has 0 spiro atoms. The Labute approximate surface area is 168 Å². The van der Waals surface area contributed by atoms with Gasteiger partial charge in [-0.15, -0.1) is 0 Å². The van der Waals surface area contributed by atoms with E-state index in [1.54, 1.807) is 26.4 Å². The number of fused-ring (bicyclic) bond motifs is 1. The predicted molar refractivity (Wildman–Crippen MR) is 108 cm³/mol. The molecule has 4 rings (SSSR count). The standard InChI is InChI=1S/C21H21NO6S/c1-26-19-8-5-14(13-20(19)27-2)17-4-3-11-22(17)29(24,25)16-7-9-18-15(12-16)6-10-21(23)28-18/h5-10,12-13,17H,3-4,11H2,1-2H3. The second-order valence-electron chi connectivity index (χ2n) is 6.84. The van der Waals surface area contributed by atoms with Crippen molar-refractivity contribution >= 4 is 21.0 Å². The number of methoxy groups -OCH3 is 2. The molecular formula is C21H21NO6S. The van der Waals surface area contributed by atoms with E-state index in [2.05, 4.69) is 0 Å². The zero-order valence-corrected chi connectivity index (χ0v) is 16.9. The van der Waals surface area contributed by atoms with E-state index in [1.807, 2.05) is 12.1 Å². The van der Waals surface area contributed by atoms with Crippen molar-refractivity contribution in [1.82, 2.24) is 4.31 Å². The molecule has 7 nitrogen and oxygen atoms in total. The van der Waals surface area contributed by atoms with E-state index < -0.39 is 15.6 Å². The molecule has 1 aliphatic heterocycles. The summed E-state index contributed by atoms with van der Waals surface area (Å²) in [6, 6.07) is 12.6. The second-order valence-corrected chi connectivity index (χ2v) is 8.73. The molecule has 1 fully saturated rings. The molecule has 0 aliphatic carbocycles. The Morgan fingerprint density at radius 3 is 2.55 bits per heavy atom. The number of ether oxygens (including phenoxy) is 2. The van der Waals surface area contributed by atoms with E-state index in [0.29, 0.717) is 29.0 Å². The molecule has 1 atom stereocenters. The van der Waals surface area contributed by atoms with Gasteiger partial charge in [-0.1, -0.05) is 6.07 Å². The highest BCUT2D eigenvalue weighted by atomic mass is 32.2. The predicted octanol–water partition coefficient (Wildman–Crippen LogP) is 3.34. The third-order valence-corrected chi connectivity index (χ3v) is 7.10. The first-order valence-electron chi connectivity index (χ1n) is 9.22. The van der Waals surface area contributed by atoms with Crippen molar-refractivity contribution in [3.8, 4) is 11.5 Å². The van der Waals surface area contributed by atoms with Crippen LogP contribution in [0.5, 0.6) is 11.5 Å². The summed E-state index contributed by atoms with van der Waals surface area (Å²) in [4.78, 5) is 11.5. The molecule has 2 heterocycles. The fraction of sp³-hybridized carbons (Fsp3) is 0.286. The minimum absolute atomic E-state index is 0.172. The molecule has 1 aliphatic rings. The van der Waals surface area contributed by atoms with Gasteiger partial charge in [0.05, 0.1) is 25.2 Å². The second kappa shape index (κ2) is 7.53. The summed E-state index contributed by atoms with van der Waals surface area (Å²) in [5.74, 6) is 1.16. The summed E-state index contributed by atoms with van der Waals surface area (Å²) >= 11 is 0. The minimum Gasteiger partial charge on any atom is -0.493 e. The number of sulfonamides is 1. The zero-order chi connectivity index (χ0) is 20.6. The molecule has 152 valence electrons. The lowest BCUT2D eigenvalue weighted by molar-refractivity contribution is 0.351. The van der Waals surface area contributed by atoms with Gasteiger partial charge in [-0.2, -0.15) is 4.31 Å². The van der Waals surface area contributed by atoms with Crippen molar-refractivity contribution < 1.29 is 22.3 Å². The van der Waals surface area contributed by atoms with Gasteiger partial charge < -0.3 is 13.9 Å². The fourth-order valence-electron chi connectivity index (χ4n) is 3.77. The van der Waals surface area contributed by atoms with Crippen molar-refractivity contribution in [3.05, 3.63) is 64.5 Å². The largest absolute Gasteiger partial charge is 0.493 e. The molecule has 1 unspecified atom stereocenters. The van der Waals surface area contributed by atoms with Gasteiger partial charge in [-0.05, 0) is 54.8 Å². The summed E-state index contributed by atoms with van der Waals surface area (Å²) in [5, 5.41) is 0.563. The van der Waals surface area contributed by atoms with Crippen molar-refractivity contribution in [2.75, 3.05) is 20.8 Å². The molecule has 0 radical (unpaired) electrons. The Morgan fingerprint density at radius 1 is 1.00 bits per heavy atom. The zero-order valence-electron chi connectivity index (χ0n) is 16.1. The summed E-state index contributed by atoms with van der Waals surface area (Å²) < 4.78 is 44.0. The molecule has 1 aromatic heterocycles. The van der Waals surface area contributed by atoms with Crippen LogP contribution >= 0.6 is 0 Å². The van der Waals surface area contributed by atoms with Crippen molar-refractivity contribution in [3.63, 3.8) is 0 Å². The van der Waals surface area contributed by atoms with Crippen LogP contribution in [0.25, 0.3) is 11.0 Å². The lowest BCUT2D eigenvalue weighted by Crippen LogP contribution is -2.30. The molecule has 0 N–H and O–H groups in total. The summed E-state index contributed by atoms with van der Waals surface area (Å²) in [5.41, 5.74) is 0.742. The van der Waals surface area contributed by atoms with Gasteiger partial charge >= 0.3 is 5.63 Å². The Kier molecular flexibility index (Phi) is 5.06. The molecule has 2 aromatic carbocycles.